The third kappa shape index (κ3) is 2.68. The van der Waals surface area contributed by atoms with Crippen LogP contribution in [0.5, 0.6) is 0 Å². The minimum atomic E-state index is -3.35. The summed E-state index contributed by atoms with van der Waals surface area (Å²) in [4.78, 5) is 32.3. The van der Waals surface area contributed by atoms with Crippen molar-refractivity contribution in [3.8, 4) is 0 Å². The molecule has 0 saturated heterocycles. The van der Waals surface area contributed by atoms with Gasteiger partial charge in [-0.1, -0.05) is 0 Å². The van der Waals surface area contributed by atoms with Crippen LogP contribution in [0.1, 0.15) is 0 Å². The molecule has 0 radical (unpaired) electrons. The van der Waals surface area contributed by atoms with Gasteiger partial charge in [0.1, 0.15) is 0 Å². The molecule has 0 spiro atoms. The second kappa shape index (κ2) is 4.86. The number of hydrogen-bond donors (Lipinski definition) is 0. The van der Waals surface area contributed by atoms with Gasteiger partial charge in [0.05, 0.1) is 0 Å². The second-order valence-corrected chi connectivity index (χ2v) is 6.79. The maximum absolute atomic E-state index is 10.3. The van der Waals surface area contributed by atoms with Gasteiger partial charge in [0.25, 0.3) is 0 Å². The Balaban J connectivity index is 4.67. The van der Waals surface area contributed by atoms with Gasteiger partial charge in [0, 0.05) is 0 Å². The van der Waals surface area contributed by atoms with E-state index in [0.717, 1.165) is 0 Å². The predicted molar refractivity (Wildman–Crippen MR) is 39.6 cm³/mol. The van der Waals surface area contributed by atoms with Crippen LogP contribution in [0.4, 0.5) is 0 Å². The van der Waals surface area contributed by atoms with Gasteiger partial charge in [-0.25, -0.2) is 0 Å². The zero-order chi connectivity index (χ0) is 8.74. The molecule has 0 aliphatic carbocycles. The Hall–Kier alpha value is -0.887. The number of carbonyl (C=O) groups excluding carboxylic acids is 3. The Bertz CT molecular complexity index is 186. The Morgan fingerprint density at radius 2 is 1.45 bits per heavy atom. The van der Waals surface area contributed by atoms with E-state index in [2.05, 4.69) is 6.58 Å². The first-order valence-corrected chi connectivity index (χ1v) is 6.61. The number of rotatable bonds is 5. The number of allylic oxidation sites excluding steroid dienone is 2. The van der Waals surface area contributed by atoms with Crippen molar-refractivity contribution in [2.24, 2.45) is 0 Å². The fraction of sp³-hybridized carbons (Fsp3) is 0. The molecule has 0 aliphatic heterocycles. The zero-order valence-electron chi connectivity index (χ0n) is 5.75. The van der Waals surface area contributed by atoms with Crippen molar-refractivity contribution < 1.29 is 29.2 Å². The third-order valence-electron chi connectivity index (χ3n) is 0.841. The van der Waals surface area contributed by atoms with E-state index < -0.39 is 14.8 Å². The first-order valence-electron chi connectivity index (χ1n) is 2.60. The summed E-state index contributed by atoms with van der Waals surface area (Å²) in [6, 6.07) is 0. The van der Waals surface area contributed by atoms with Crippen molar-refractivity contribution >= 4 is 14.6 Å². The SMILES string of the molecule is C=CC=[CH][Ru]([CH]=O)([CH]=O)[CH]=O. The summed E-state index contributed by atoms with van der Waals surface area (Å²) >= 11 is -3.35. The molecule has 0 heterocycles. The first-order chi connectivity index (χ1) is 5.24. The molecule has 0 saturated carbocycles. The quantitative estimate of drug-likeness (QED) is 0.398. The molecular formula is C7H8O3Ru. The van der Waals surface area contributed by atoms with Gasteiger partial charge < -0.3 is 0 Å². The number of hydrogen-bond acceptors (Lipinski definition) is 3. The van der Waals surface area contributed by atoms with Crippen molar-refractivity contribution in [3.05, 3.63) is 23.4 Å². The molecule has 0 unspecified atom stereocenters. The molecule has 0 fully saturated rings. The Kier molecular flexibility index (Phi) is 4.47. The Morgan fingerprint density at radius 1 is 1.00 bits per heavy atom. The molecule has 3 nitrogen and oxygen atoms in total. The molecule has 0 rings (SSSR count). The van der Waals surface area contributed by atoms with Crippen LogP contribution >= 0.6 is 0 Å². The summed E-state index contributed by atoms with van der Waals surface area (Å²) in [5.41, 5.74) is 0. The average molecular weight is 241 g/mol. The van der Waals surface area contributed by atoms with E-state index >= 15 is 0 Å². The molecule has 0 aliphatic rings. The fourth-order valence-corrected chi connectivity index (χ4v) is 1.82. The van der Waals surface area contributed by atoms with E-state index in [1.807, 2.05) is 0 Å². The van der Waals surface area contributed by atoms with E-state index in [4.69, 9.17) is 0 Å². The van der Waals surface area contributed by atoms with Gasteiger partial charge in [-0.3, -0.25) is 0 Å². The van der Waals surface area contributed by atoms with Crippen LogP contribution in [-0.4, -0.2) is 14.6 Å². The maximum atomic E-state index is 10.3. The van der Waals surface area contributed by atoms with Crippen LogP contribution in [0.2, 0.25) is 0 Å². The molecule has 0 aromatic rings. The van der Waals surface area contributed by atoms with Crippen molar-refractivity contribution in [1.29, 1.82) is 0 Å². The summed E-state index contributed by atoms with van der Waals surface area (Å²) < 4.78 is 1.36. The van der Waals surface area contributed by atoms with Gasteiger partial charge in [0.15, 0.2) is 0 Å². The summed E-state index contributed by atoms with van der Waals surface area (Å²) in [5, 5.41) is 0. The van der Waals surface area contributed by atoms with Crippen LogP contribution in [-0.2, 0) is 29.2 Å². The predicted octanol–water partition coefficient (Wildman–Crippen LogP) is 0.411. The fourth-order valence-electron chi connectivity index (χ4n) is 0.308. The standard InChI is InChI=1S/C4H5.3CHO.Ru/c1-3-4-2;3*1-2;/h1,3-4H,2H2;3*1H;. The molecule has 0 atom stereocenters. The first kappa shape index (κ1) is 10.1. The Morgan fingerprint density at radius 3 is 1.73 bits per heavy atom. The molecule has 0 aromatic heterocycles. The van der Waals surface area contributed by atoms with Crippen molar-refractivity contribution in [1.82, 2.24) is 0 Å². The topological polar surface area (TPSA) is 51.2 Å². The van der Waals surface area contributed by atoms with Gasteiger partial charge in [-0.15, -0.1) is 0 Å². The molecule has 4 heteroatoms. The van der Waals surface area contributed by atoms with Gasteiger partial charge in [0.2, 0.25) is 0 Å². The molecule has 62 valence electrons. The third-order valence-corrected chi connectivity index (χ3v) is 4.31. The van der Waals surface area contributed by atoms with E-state index in [0.29, 0.717) is 14.6 Å². The van der Waals surface area contributed by atoms with Crippen LogP contribution in [0.15, 0.2) is 23.4 Å². The molecule has 0 N–H and O–H groups in total. The second-order valence-electron chi connectivity index (χ2n) is 1.50. The summed E-state index contributed by atoms with van der Waals surface area (Å²) in [6.45, 7) is 3.36. The molecule has 0 bridgehead atoms. The van der Waals surface area contributed by atoms with Crippen molar-refractivity contribution in [3.63, 3.8) is 0 Å². The van der Waals surface area contributed by atoms with Gasteiger partial charge >= 0.3 is 67.2 Å². The molecule has 0 amide bonds. The minimum absolute atomic E-state index is 0.455. The van der Waals surface area contributed by atoms with E-state index in [9.17, 15) is 14.4 Å². The molecular weight excluding hydrogens is 233 g/mol. The summed E-state index contributed by atoms with van der Waals surface area (Å²) in [7, 11) is 0. The van der Waals surface area contributed by atoms with Crippen LogP contribution in [0.3, 0.4) is 0 Å². The molecule has 0 aromatic carbocycles. The monoisotopic (exact) mass is 242 g/mol. The summed E-state index contributed by atoms with van der Waals surface area (Å²) in [6.07, 6.45) is 2.87. The van der Waals surface area contributed by atoms with E-state index in [-0.39, 0.29) is 0 Å². The van der Waals surface area contributed by atoms with E-state index in [1.165, 1.54) is 16.8 Å². The van der Waals surface area contributed by atoms with Crippen LogP contribution < -0.4 is 0 Å². The van der Waals surface area contributed by atoms with Gasteiger partial charge in [-0.2, -0.15) is 0 Å². The van der Waals surface area contributed by atoms with Crippen molar-refractivity contribution in [2.45, 2.75) is 0 Å². The van der Waals surface area contributed by atoms with E-state index in [1.54, 1.807) is 0 Å². The average Bonchev–Trinajstić information content (AvgIpc) is 2.08. The van der Waals surface area contributed by atoms with Crippen molar-refractivity contribution in [2.75, 3.05) is 0 Å². The normalized spacial score (nSPS) is 12.4. The summed E-state index contributed by atoms with van der Waals surface area (Å²) in [5.74, 6) is 0. The zero-order valence-corrected chi connectivity index (χ0v) is 7.49. The molecule has 11 heavy (non-hydrogen) atoms. The van der Waals surface area contributed by atoms with Crippen LogP contribution in [0, 0.1) is 0 Å². The van der Waals surface area contributed by atoms with Crippen LogP contribution in [0.25, 0.3) is 0 Å². The number of carbonyl (C=O) groups is 3. The Labute approximate surface area is 67.6 Å². The van der Waals surface area contributed by atoms with Gasteiger partial charge in [-0.05, 0) is 0 Å².